The summed E-state index contributed by atoms with van der Waals surface area (Å²) < 4.78 is 51.9. The average molecular weight is 597 g/mol. The first-order valence-corrected chi connectivity index (χ1v) is 14.0. The smallest absolute Gasteiger partial charge is 0.382 e. The van der Waals surface area contributed by atoms with Crippen LogP contribution in [0.5, 0.6) is 0 Å². The monoisotopic (exact) mass is 596 g/mol. The third-order valence-corrected chi connectivity index (χ3v) is 8.50. The van der Waals surface area contributed by atoms with Gasteiger partial charge in [-0.15, -0.1) is 0 Å². The van der Waals surface area contributed by atoms with E-state index in [1.807, 2.05) is 26.8 Å². The Morgan fingerprint density at radius 2 is 2.11 bits per heavy atom. The highest BCUT2D eigenvalue weighted by Crippen LogP contribution is 2.58. The Morgan fingerprint density at radius 3 is 2.92 bits per heavy atom. The van der Waals surface area contributed by atoms with E-state index >= 15 is 0 Å². The van der Waals surface area contributed by atoms with Crippen molar-refractivity contribution < 1.29 is 32.3 Å². The van der Waals surface area contributed by atoms with Crippen molar-refractivity contribution in [3.05, 3.63) is 41.2 Å². The second-order valence-electron chi connectivity index (χ2n) is 9.73. The van der Waals surface area contributed by atoms with Gasteiger partial charge in [0.1, 0.15) is 29.7 Å². The van der Waals surface area contributed by atoms with Gasteiger partial charge in [0.05, 0.1) is 25.6 Å². The van der Waals surface area contributed by atoms with Crippen LogP contribution in [0.3, 0.4) is 0 Å². The normalized spacial score (nSPS) is 35.1. The lowest BCUT2D eigenvalue weighted by Crippen LogP contribution is -2.42. The van der Waals surface area contributed by atoms with Crippen molar-refractivity contribution in [2.75, 3.05) is 18.9 Å². The van der Waals surface area contributed by atoms with E-state index in [1.165, 1.54) is 6.33 Å². The van der Waals surface area contributed by atoms with E-state index < -0.39 is 43.8 Å². The van der Waals surface area contributed by atoms with Gasteiger partial charge in [-0.3, -0.25) is 23.1 Å². The minimum atomic E-state index is -3.89. The summed E-state index contributed by atoms with van der Waals surface area (Å²) in [6, 6.07) is 1.86. The van der Waals surface area contributed by atoms with Gasteiger partial charge in [-0.1, -0.05) is 0 Å². The maximum Gasteiger partial charge on any atom is 0.475 e. The molecule has 6 heterocycles. The van der Waals surface area contributed by atoms with E-state index in [-0.39, 0.29) is 19.0 Å². The Balaban J connectivity index is 1.24. The molecule has 6 atom stereocenters. The third kappa shape index (κ3) is 4.49. The molecular formula is C22H26BrN6O7P. The van der Waals surface area contributed by atoms with Gasteiger partial charge in [-0.2, -0.15) is 0 Å². The first kappa shape index (κ1) is 25.3. The molecule has 6 rings (SSSR count). The third-order valence-electron chi connectivity index (χ3n) is 6.59. The van der Waals surface area contributed by atoms with E-state index in [2.05, 4.69) is 35.9 Å². The topological polar surface area (TPSA) is 155 Å². The lowest BCUT2D eigenvalue weighted by atomic mass is 9.96. The fourth-order valence-electron chi connectivity index (χ4n) is 5.13. The Bertz CT molecular complexity index is 1390. The molecule has 0 amide bonds. The highest BCUT2D eigenvalue weighted by Gasteiger charge is 2.64. The Hall–Kier alpha value is -2.03. The molecule has 3 aromatic rings. The second-order valence-corrected chi connectivity index (χ2v) is 12.3. The number of imidazole rings is 1. The molecule has 37 heavy (non-hydrogen) atoms. The lowest BCUT2D eigenvalue weighted by molar-refractivity contribution is -0.217. The van der Waals surface area contributed by atoms with Crippen molar-refractivity contribution >= 4 is 40.7 Å². The number of phosphoric acid groups is 1. The number of pyridine rings is 1. The van der Waals surface area contributed by atoms with Crippen LogP contribution in [0, 0.1) is 0 Å². The molecule has 0 bridgehead atoms. The van der Waals surface area contributed by atoms with Gasteiger partial charge in [0.15, 0.2) is 23.5 Å². The summed E-state index contributed by atoms with van der Waals surface area (Å²) in [4.78, 5) is 16.9. The Labute approximate surface area is 220 Å². The minimum Gasteiger partial charge on any atom is -0.382 e. The summed E-state index contributed by atoms with van der Waals surface area (Å²) in [6.07, 6.45) is 4.37. The first-order chi connectivity index (χ1) is 17.6. The number of rotatable bonds is 5. The standard InChI is InChI=1S/C22H26BrN6O7P/c1-21(2)34-17-15(9-32-37(30)31-5-4-14(35-37)12-6-13(23)8-25-7-12)33-20(22(17,3)36-21)29-11-28-16-18(24)26-10-27-19(16)29/h6-8,10-11,14-15,17,20H,4-5,9H2,1-3H3,(H2,24,26,27)/t14?,15-,17-,20-,22-,37?/m1/s1. The number of ether oxygens (including phenoxy) is 3. The highest BCUT2D eigenvalue weighted by molar-refractivity contribution is 9.10. The van der Waals surface area contributed by atoms with E-state index in [0.29, 0.717) is 17.6 Å². The number of aromatic nitrogens is 5. The number of hydrogen-bond acceptors (Lipinski definition) is 12. The molecule has 3 aliphatic heterocycles. The van der Waals surface area contributed by atoms with E-state index in [1.54, 1.807) is 23.3 Å². The molecule has 2 N–H and O–H groups in total. The first-order valence-electron chi connectivity index (χ1n) is 11.7. The van der Waals surface area contributed by atoms with Gasteiger partial charge in [0.2, 0.25) is 0 Å². The summed E-state index contributed by atoms with van der Waals surface area (Å²) in [7, 11) is -3.89. The number of nitrogen functional groups attached to an aromatic ring is 1. The zero-order chi connectivity index (χ0) is 26.0. The van der Waals surface area contributed by atoms with Crippen molar-refractivity contribution in [2.45, 2.75) is 63.1 Å². The van der Waals surface area contributed by atoms with Gasteiger partial charge >= 0.3 is 7.82 Å². The van der Waals surface area contributed by atoms with Crippen LogP contribution in [0.1, 0.15) is 45.1 Å². The van der Waals surface area contributed by atoms with Crippen LogP contribution in [0.4, 0.5) is 5.82 Å². The fraction of sp³-hybridized carbons (Fsp3) is 0.545. The van der Waals surface area contributed by atoms with Crippen molar-refractivity contribution in [3.8, 4) is 0 Å². The Kier molecular flexibility index (Phi) is 6.16. The van der Waals surface area contributed by atoms with Crippen LogP contribution in [0.15, 0.2) is 35.6 Å². The Morgan fingerprint density at radius 1 is 1.27 bits per heavy atom. The van der Waals surface area contributed by atoms with Crippen LogP contribution in [-0.2, 0) is 32.3 Å². The number of fused-ring (bicyclic) bond motifs is 2. The predicted octanol–water partition coefficient (Wildman–Crippen LogP) is 3.68. The van der Waals surface area contributed by atoms with E-state index in [4.69, 9.17) is 33.5 Å². The number of phosphoric ester groups is 1. The molecule has 0 spiro atoms. The molecule has 3 aromatic heterocycles. The van der Waals surface area contributed by atoms with Gasteiger partial charge in [0, 0.05) is 28.9 Å². The predicted molar refractivity (Wildman–Crippen MR) is 132 cm³/mol. The van der Waals surface area contributed by atoms with Crippen LogP contribution < -0.4 is 5.73 Å². The summed E-state index contributed by atoms with van der Waals surface area (Å²) in [5, 5.41) is 0. The number of nitrogens with two attached hydrogens (primary N) is 1. The molecule has 2 unspecified atom stereocenters. The lowest BCUT2D eigenvalue weighted by Gasteiger charge is -2.30. The summed E-state index contributed by atoms with van der Waals surface area (Å²) in [5.74, 6) is -0.641. The molecular weight excluding hydrogens is 571 g/mol. The van der Waals surface area contributed by atoms with Crippen LogP contribution in [-0.4, -0.2) is 61.3 Å². The molecule has 3 fully saturated rings. The zero-order valence-electron chi connectivity index (χ0n) is 20.3. The zero-order valence-corrected chi connectivity index (χ0v) is 22.8. The fourth-order valence-corrected chi connectivity index (χ4v) is 6.90. The average Bonchev–Trinajstić information content (AvgIpc) is 3.45. The number of nitrogens with zero attached hydrogens (tertiary/aromatic N) is 5. The molecule has 13 nitrogen and oxygen atoms in total. The molecule has 198 valence electrons. The van der Waals surface area contributed by atoms with Crippen molar-refractivity contribution in [1.29, 1.82) is 0 Å². The van der Waals surface area contributed by atoms with E-state index in [9.17, 15) is 4.57 Å². The van der Waals surface area contributed by atoms with Gasteiger partial charge in [0.25, 0.3) is 0 Å². The van der Waals surface area contributed by atoms with E-state index in [0.717, 1.165) is 10.0 Å². The summed E-state index contributed by atoms with van der Waals surface area (Å²) >= 11 is 3.40. The van der Waals surface area contributed by atoms with Crippen molar-refractivity contribution in [3.63, 3.8) is 0 Å². The van der Waals surface area contributed by atoms with Crippen LogP contribution in [0.2, 0.25) is 0 Å². The molecule has 0 radical (unpaired) electrons. The van der Waals surface area contributed by atoms with Crippen molar-refractivity contribution in [2.24, 2.45) is 0 Å². The van der Waals surface area contributed by atoms with Gasteiger partial charge in [-0.25, -0.2) is 19.5 Å². The number of hydrogen-bond donors (Lipinski definition) is 1. The van der Waals surface area contributed by atoms with Gasteiger partial charge in [-0.05, 0) is 42.8 Å². The van der Waals surface area contributed by atoms with Crippen LogP contribution >= 0.6 is 23.8 Å². The van der Waals surface area contributed by atoms with Crippen molar-refractivity contribution in [1.82, 2.24) is 24.5 Å². The number of halogens is 1. The molecule has 3 saturated heterocycles. The minimum absolute atomic E-state index is 0.124. The molecule has 3 aliphatic rings. The SMILES string of the molecule is CC1(C)O[C@@H]2[C@@H](COP3(=O)OCCC(c4cncc(Br)c4)O3)O[C@@H](n3cnc4c(N)ncnc43)[C@]2(C)O1. The maximum absolute atomic E-state index is 13.4. The maximum atomic E-state index is 13.4. The number of anilines is 1. The summed E-state index contributed by atoms with van der Waals surface area (Å²) in [5.41, 5.74) is 6.74. The molecule has 0 saturated carbocycles. The largest absolute Gasteiger partial charge is 0.475 e. The molecule has 0 aliphatic carbocycles. The quantitative estimate of drug-likeness (QED) is 0.427. The van der Waals surface area contributed by atoms with Gasteiger partial charge < -0.3 is 19.9 Å². The summed E-state index contributed by atoms with van der Waals surface area (Å²) in [6.45, 7) is 5.62. The van der Waals surface area contributed by atoms with Crippen LogP contribution in [0.25, 0.3) is 11.2 Å². The highest BCUT2D eigenvalue weighted by atomic mass is 79.9. The molecule has 15 heteroatoms. The molecule has 0 aromatic carbocycles. The second kappa shape index (κ2) is 9.02.